The van der Waals surface area contributed by atoms with Crippen molar-refractivity contribution in [3.8, 4) is 0 Å². The van der Waals surface area contributed by atoms with Crippen molar-refractivity contribution in [1.29, 1.82) is 0 Å². The van der Waals surface area contributed by atoms with Crippen LogP contribution >= 0.6 is 22.9 Å². The average molecular weight is 422 g/mol. The highest BCUT2D eigenvalue weighted by Crippen LogP contribution is 2.19. The molecule has 0 fully saturated rings. The molecule has 0 aliphatic heterocycles. The Morgan fingerprint density at radius 2 is 1.86 bits per heavy atom. The van der Waals surface area contributed by atoms with Crippen molar-refractivity contribution >= 4 is 34.8 Å². The first kappa shape index (κ1) is 22.4. The standard InChI is InChI=1S/C22H28ClNO3S/c1-3-7-21(25)24(14-5-9-17-8-4-10-18(23)16-17)15-6-11-19-12-13-20(28-19)22(26)27-2/h4,8,10,12-13,16H,3,5-7,9,11,14-15H2,1-2H3. The first-order valence-electron chi connectivity index (χ1n) is 9.72. The summed E-state index contributed by atoms with van der Waals surface area (Å²) >= 11 is 7.50. The number of carbonyl (C=O) groups excluding carboxylic acids is 2. The van der Waals surface area contributed by atoms with Crippen LogP contribution in [0, 0.1) is 0 Å². The zero-order valence-electron chi connectivity index (χ0n) is 16.6. The zero-order chi connectivity index (χ0) is 20.4. The molecule has 1 aromatic carbocycles. The van der Waals surface area contributed by atoms with E-state index in [1.165, 1.54) is 24.0 Å². The van der Waals surface area contributed by atoms with Crippen molar-refractivity contribution in [3.63, 3.8) is 0 Å². The van der Waals surface area contributed by atoms with E-state index in [-0.39, 0.29) is 11.9 Å². The Hall–Kier alpha value is -1.85. The Kier molecular flexibility index (Phi) is 9.51. The number of carbonyl (C=O) groups is 2. The van der Waals surface area contributed by atoms with Gasteiger partial charge >= 0.3 is 5.97 Å². The maximum Gasteiger partial charge on any atom is 0.348 e. The molecule has 0 bridgehead atoms. The molecule has 6 heteroatoms. The molecule has 0 aliphatic rings. The molecule has 1 aromatic heterocycles. The lowest BCUT2D eigenvalue weighted by Gasteiger charge is -2.22. The number of hydrogen-bond acceptors (Lipinski definition) is 4. The van der Waals surface area contributed by atoms with Crippen LogP contribution in [-0.2, 0) is 22.4 Å². The van der Waals surface area contributed by atoms with E-state index in [1.54, 1.807) is 6.07 Å². The van der Waals surface area contributed by atoms with Crippen molar-refractivity contribution in [1.82, 2.24) is 4.90 Å². The fraction of sp³-hybridized carbons (Fsp3) is 0.455. The maximum absolute atomic E-state index is 12.5. The van der Waals surface area contributed by atoms with E-state index in [4.69, 9.17) is 16.3 Å². The third-order valence-corrected chi connectivity index (χ3v) is 5.86. The Bertz CT molecular complexity index is 775. The number of hydrogen-bond donors (Lipinski definition) is 0. The lowest BCUT2D eigenvalue weighted by Crippen LogP contribution is -2.33. The molecule has 0 saturated heterocycles. The lowest BCUT2D eigenvalue weighted by atomic mass is 10.1. The highest BCUT2D eigenvalue weighted by molar-refractivity contribution is 7.13. The number of amides is 1. The van der Waals surface area contributed by atoms with Crippen LogP contribution in [0.15, 0.2) is 36.4 Å². The SMILES string of the molecule is CCCC(=O)N(CCCc1cccc(Cl)c1)CCCc1ccc(C(=O)OC)s1. The predicted octanol–water partition coefficient (Wildman–Crippen LogP) is 5.38. The van der Waals surface area contributed by atoms with Gasteiger partial charge in [0.05, 0.1) is 7.11 Å². The molecule has 0 N–H and O–H groups in total. The van der Waals surface area contributed by atoms with Crippen molar-refractivity contribution < 1.29 is 14.3 Å². The van der Waals surface area contributed by atoms with Gasteiger partial charge < -0.3 is 9.64 Å². The van der Waals surface area contributed by atoms with Crippen LogP contribution in [0.3, 0.4) is 0 Å². The molecule has 4 nitrogen and oxygen atoms in total. The third kappa shape index (κ3) is 7.28. The van der Waals surface area contributed by atoms with Crippen LogP contribution in [0.2, 0.25) is 5.02 Å². The average Bonchev–Trinajstić information content (AvgIpc) is 3.15. The molecule has 152 valence electrons. The molecule has 28 heavy (non-hydrogen) atoms. The summed E-state index contributed by atoms with van der Waals surface area (Å²) in [5.41, 5.74) is 1.20. The van der Waals surface area contributed by atoms with Gasteiger partial charge in [-0.05, 0) is 61.9 Å². The normalized spacial score (nSPS) is 10.7. The minimum atomic E-state index is -0.294. The highest BCUT2D eigenvalue weighted by Gasteiger charge is 2.13. The number of nitrogens with zero attached hydrogens (tertiary/aromatic N) is 1. The molecule has 0 saturated carbocycles. The van der Waals surface area contributed by atoms with E-state index in [9.17, 15) is 9.59 Å². The monoisotopic (exact) mass is 421 g/mol. The highest BCUT2D eigenvalue weighted by atomic mass is 35.5. The van der Waals surface area contributed by atoms with E-state index >= 15 is 0 Å². The van der Waals surface area contributed by atoms with Gasteiger partial charge in [0.1, 0.15) is 4.88 Å². The summed E-state index contributed by atoms with van der Waals surface area (Å²) in [4.78, 5) is 27.8. The molecule has 0 spiro atoms. The van der Waals surface area contributed by atoms with Crippen molar-refractivity contribution in [3.05, 3.63) is 56.7 Å². The fourth-order valence-electron chi connectivity index (χ4n) is 3.07. The van der Waals surface area contributed by atoms with Crippen LogP contribution in [0.4, 0.5) is 0 Å². The van der Waals surface area contributed by atoms with E-state index in [2.05, 4.69) is 6.07 Å². The van der Waals surface area contributed by atoms with Crippen molar-refractivity contribution in [2.75, 3.05) is 20.2 Å². The van der Waals surface area contributed by atoms with Gasteiger partial charge in [-0.25, -0.2) is 4.79 Å². The second-order valence-corrected chi connectivity index (χ2v) is 8.33. The van der Waals surface area contributed by atoms with E-state index in [1.807, 2.05) is 36.1 Å². The van der Waals surface area contributed by atoms with Crippen LogP contribution in [0.25, 0.3) is 0 Å². The van der Waals surface area contributed by atoms with Crippen LogP contribution in [-0.4, -0.2) is 37.0 Å². The minimum Gasteiger partial charge on any atom is -0.465 e. The van der Waals surface area contributed by atoms with Gasteiger partial charge in [-0.2, -0.15) is 0 Å². The first-order valence-corrected chi connectivity index (χ1v) is 10.9. The van der Waals surface area contributed by atoms with Gasteiger partial charge in [0.15, 0.2) is 0 Å². The number of thiophene rings is 1. The second kappa shape index (κ2) is 11.9. The summed E-state index contributed by atoms with van der Waals surface area (Å²) in [5.74, 6) is -0.0768. The smallest absolute Gasteiger partial charge is 0.348 e. The number of methoxy groups -OCH3 is 1. The van der Waals surface area contributed by atoms with Gasteiger partial charge in [0, 0.05) is 29.4 Å². The predicted molar refractivity (Wildman–Crippen MR) is 115 cm³/mol. The lowest BCUT2D eigenvalue weighted by molar-refractivity contribution is -0.131. The van der Waals surface area contributed by atoms with Gasteiger partial charge in [-0.3, -0.25) is 4.79 Å². The summed E-state index contributed by atoms with van der Waals surface area (Å²) in [6, 6.07) is 11.7. The molecular formula is C22H28ClNO3S. The van der Waals surface area contributed by atoms with Gasteiger partial charge in [-0.15, -0.1) is 11.3 Å². The summed E-state index contributed by atoms with van der Waals surface area (Å²) in [6.07, 6.45) is 5.00. The number of halogens is 1. The minimum absolute atomic E-state index is 0.218. The van der Waals surface area contributed by atoms with Crippen LogP contribution in [0.1, 0.15) is 52.7 Å². The quantitative estimate of drug-likeness (QED) is 0.457. The Balaban J connectivity index is 1.83. The molecule has 0 atom stereocenters. The molecule has 0 aliphatic carbocycles. The largest absolute Gasteiger partial charge is 0.465 e. The van der Waals surface area contributed by atoms with E-state index in [0.717, 1.165) is 55.1 Å². The molecule has 2 aromatic rings. The maximum atomic E-state index is 12.5. The zero-order valence-corrected chi connectivity index (χ0v) is 18.2. The Morgan fingerprint density at radius 3 is 2.54 bits per heavy atom. The Morgan fingerprint density at radius 1 is 1.11 bits per heavy atom. The summed E-state index contributed by atoms with van der Waals surface area (Å²) in [7, 11) is 1.39. The first-order chi connectivity index (χ1) is 13.5. The molecule has 0 unspecified atom stereocenters. The van der Waals surface area contributed by atoms with E-state index < -0.39 is 0 Å². The van der Waals surface area contributed by atoms with Gasteiger partial charge in [0.2, 0.25) is 5.91 Å². The summed E-state index contributed by atoms with van der Waals surface area (Å²) in [5, 5.41) is 0.749. The van der Waals surface area contributed by atoms with E-state index in [0.29, 0.717) is 11.3 Å². The number of benzene rings is 1. The molecule has 1 heterocycles. The summed E-state index contributed by atoms with van der Waals surface area (Å²) < 4.78 is 4.75. The topological polar surface area (TPSA) is 46.6 Å². The number of esters is 1. The van der Waals surface area contributed by atoms with Crippen molar-refractivity contribution in [2.24, 2.45) is 0 Å². The molecule has 0 radical (unpaired) electrons. The number of aryl methyl sites for hydroxylation is 2. The van der Waals surface area contributed by atoms with Gasteiger partial charge in [-0.1, -0.05) is 30.7 Å². The van der Waals surface area contributed by atoms with Gasteiger partial charge in [0.25, 0.3) is 0 Å². The second-order valence-electron chi connectivity index (χ2n) is 6.73. The Labute approximate surface area is 176 Å². The third-order valence-electron chi connectivity index (χ3n) is 4.50. The number of ether oxygens (including phenoxy) is 1. The molecule has 1 amide bonds. The fourth-order valence-corrected chi connectivity index (χ4v) is 4.25. The molecular weight excluding hydrogens is 394 g/mol. The molecule has 2 rings (SSSR count). The van der Waals surface area contributed by atoms with Crippen LogP contribution in [0.5, 0.6) is 0 Å². The summed E-state index contributed by atoms with van der Waals surface area (Å²) in [6.45, 7) is 3.52. The van der Waals surface area contributed by atoms with Crippen LogP contribution < -0.4 is 0 Å². The number of rotatable bonds is 11. The van der Waals surface area contributed by atoms with Crippen molar-refractivity contribution in [2.45, 2.75) is 45.4 Å².